The average molecular weight is 254 g/mol. The molecule has 0 aromatic carbocycles. The van der Waals surface area contributed by atoms with Gasteiger partial charge in [-0.25, -0.2) is 0 Å². The van der Waals surface area contributed by atoms with Gasteiger partial charge in [0.1, 0.15) is 0 Å². The molecule has 0 aromatic heterocycles. The molecule has 0 aliphatic carbocycles. The van der Waals surface area contributed by atoms with Crippen LogP contribution in [0, 0.1) is 0 Å². The van der Waals surface area contributed by atoms with Gasteiger partial charge in [-0.05, 0) is 0 Å². The van der Waals surface area contributed by atoms with Gasteiger partial charge in [0.25, 0.3) is 0 Å². The normalized spacial score (nSPS) is 0. The van der Waals surface area contributed by atoms with Crippen molar-refractivity contribution in [1.82, 2.24) is 0 Å². The molecule has 0 rings (SSSR count). The summed E-state index contributed by atoms with van der Waals surface area (Å²) in [6.07, 6.45) is 0. The van der Waals surface area contributed by atoms with Crippen LogP contribution in [0.4, 0.5) is 0 Å². The zero-order chi connectivity index (χ0) is 0. The smallest absolute Gasteiger partial charge is 1.00 e. The molecule has 0 unspecified atom stereocenters. The van der Waals surface area contributed by atoms with Crippen molar-refractivity contribution in [2.45, 2.75) is 0 Å². The molecular weight excluding hydrogens is 251 g/mol. The summed E-state index contributed by atoms with van der Waals surface area (Å²) in [7, 11) is 0. The Balaban J connectivity index is 0. The second-order valence-electron chi connectivity index (χ2n) is 0. The van der Waals surface area contributed by atoms with E-state index in [0.29, 0.717) is 0 Å². The van der Waals surface area contributed by atoms with E-state index in [1.165, 1.54) is 0 Å². The summed E-state index contributed by atoms with van der Waals surface area (Å²) >= 11 is 0. The maximum absolute atomic E-state index is 0. The third-order valence-corrected chi connectivity index (χ3v) is 0. The average Bonchev–Trinajstić information content (AvgIpc) is 0. The maximum Gasteiger partial charge on any atom is 1.00 e. The van der Waals surface area contributed by atoms with Crippen LogP contribution in [0.15, 0.2) is 0 Å². The Kier molecular flexibility index (Phi) is 601. The van der Waals surface area contributed by atoms with Gasteiger partial charge in [0.15, 0.2) is 0 Å². The quantitative estimate of drug-likeness (QED) is 0.398. The van der Waals surface area contributed by atoms with Gasteiger partial charge >= 0.3 is 18.9 Å². The minimum atomic E-state index is 0. The number of rotatable bonds is 0. The summed E-state index contributed by atoms with van der Waals surface area (Å²) in [5, 5.41) is 0. The van der Waals surface area contributed by atoms with Crippen LogP contribution in [0.1, 0.15) is 1.43 Å². The van der Waals surface area contributed by atoms with E-state index < -0.39 is 0 Å². The molecule has 0 atom stereocenters. The topological polar surface area (TPSA) is 31.5 Å². The van der Waals surface area contributed by atoms with Gasteiger partial charge in [-0.15, -0.1) is 0 Å². The summed E-state index contributed by atoms with van der Waals surface area (Å²) < 4.78 is 0. The number of hydrogen-bond acceptors (Lipinski definition) is 0. The molecule has 44 valence electrons. The first-order chi connectivity index (χ1) is 0. The van der Waals surface area contributed by atoms with Crippen molar-refractivity contribution in [2.24, 2.45) is 0 Å². The zero-order valence-corrected chi connectivity index (χ0v) is 7.19. The molecule has 0 heterocycles. The van der Waals surface area contributed by atoms with Crippen LogP contribution in [0.25, 0.3) is 0 Å². The molecule has 0 bridgehead atoms. The second kappa shape index (κ2) is 49.0. The van der Waals surface area contributed by atoms with Crippen LogP contribution >= 0.6 is 0 Å². The van der Waals surface area contributed by atoms with E-state index in [1.807, 2.05) is 0 Å². The van der Waals surface area contributed by atoms with Crippen LogP contribution in [0.3, 0.4) is 0 Å². The first-order valence-electron chi connectivity index (χ1n) is 0. The summed E-state index contributed by atoms with van der Waals surface area (Å²) in [4.78, 5) is 0. The van der Waals surface area contributed by atoms with Crippen molar-refractivity contribution in [3.63, 3.8) is 0 Å². The predicted molar refractivity (Wildman–Crippen MR) is 4.73 cm³/mol. The third-order valence-electron chi connectivity index (χ3n) is 0. The largest absolute Gasteiger partial charge is 1.00 e. The molecule has 0 spiro atoms. The van der Waals surface area contributed by atoms with E-state index in [-0.39, 0.29) is 93.2 Å². The maximum atomic E-state index is 0. The fourth-order valence-electron chi connectivity index (χ4n) is 0. The second-order valence-corrected chi connectivity index (χ2v) is 0. The molecule has 0 aromatic rings. The third kappa shape index (κ3) is 30.6. The van der Waals surface area contributed by atoms with Crippen molar-refractivity contribution in [3.8, 4) is 0 Å². The zero-order valence-electron chi connectivity index (χ0n) is 3.88. The van der Waals surface area contributed by atoms with Crippen molar-refractivity contribution >= 4 is 0 Å². The van der Waals surface area contributed by atoms with E-state index in [1.54, 1.807) is 0 Å². The summed E-state index contributed by atoms with van der Waals surface area (Å²) in [5.74, 6) is 0. The molecule has 0 amide bonds. The summed E-state index contributed by atoms with van der Waals surface area (Å²) in [6, 6.07) is 0. The Morgan fingerprint density at radius 2 is 1.17 bits per heavy atom. The van der Waals surface area contributed by atoms with Gasteiger partial charge in [0.05, 0.1) is 0 Å². The Bertz CT molecular complexity index is 19.7. The standard InChI is InChI=1S/Co.Fe.Li.Mn.Ni.H2O.H/h;;;;;1H2;/q;;+1;;;;-1. The van der Waals surface area contributed by atoms with Gasteiger partial charge in [0, 0.05) is 67.4 Å². The molecule has 0 saturated carbocycles. The van der Waals surface area contributed by atoms with E-state index in [4.69, 9.17) is 0 Å². The van der Waals surface area contributed by atoms with Crippen molar-refractivity contribution < 1.29 is 93.2 Å². The van der Waals surface area contributed by atoms with Crippen LogP contribution in [-0.4, -0.2) is 5.48 Å². The summed E-state index contributed by atoms with van der Waals surface area (Å²) in [6.45, 7) is 0. The van der Waals surface area contributed by atoms with Gasteiger partial charge in [-0.2, -0.15) is 0 Å². The molecular formula is H3CoFeLiMnNiO. The molecule has 0 fully saturated rings. The Hall–Kier alpha value is 2.60. The van der Waals surface area contributed by atoms with Crippen LogP contribution in [-0.2, 0) is 67.4 Å². The minimum absolute atomic E-state index is 0. The number of hydrogen-bond donors (Lipinski definition) is 0. The molecule has 6 heavy (non-hydrogen) atoms. The van der Waals surface area contributed by atoms with Gasteiger partial charge in [0.2, 0.25) is 0 Å². The molecule has 6 heteroatoms. The SMILES string of the molecule is O.[Co].[Fe].[H-].[Li+].[Mn].[Ni]. The first kappa shape index (κ1) is 73.6. The van der Waals surface area contributed by atoms with Gasteiger partial charge in [-0.3, -0.25) is 0 Å². The van der Waals surface area contributed by atoms with Crippen molar-refractivity contribution in [3.05, 3.63) is 0 Å². The van der Waals surface area contributed by atoms with E-state index in [0.717, 1.165) is 0 Å². The Labute approximate surface area is 92.2 Å². The van der Waals surface area contributed by atoms with E-state index in [9.17, 15) is 0 Å². The van der Waals surface area contributed by atoms with Crippen LogP contribution in [0.5, 0.6) is 0 Å². The van der Waals surface area contributed by atoms with Gasteiger partial charge < -0.3 is 6.90 Å². The van der Waals surface area contributed by atoms with Crippen molar-refractivity contribution in [2.75, 3.05) is 0 Å². The van der Waals surface area contributed by atoms with Crippen LogP contribution in [0.2, 0.25) is 0 Å². The van der Waals surface area contributed by atoms with Crippen LogP contribution < -0.4 is 18.9 Å². The molecule has 1 nitrogen and oxygen atoms in total. The fraction of sp³-hybridized carbons (Fsp3) is 0. The van der Waals surface area contributed by atoms with E-state index >= 15 is 0 Å². The fourth-order valence-corrected chi connectivity index (χ4v) is 0. The molecule has 2 radical (unpaired) electrons. The molecule has 0 aliphatic rings. The molecule has 0 saturated heterocycles. The Morgan fingerprint density at radius 3 is 1.17 bits per heavy atom. The minimum Gasteiger partial charge on any atom is -1.00 e. The van der Waals surface area contributed by atoms with Gasteiger partial charge in [-0.1, -0.05) is 0 Å². The summed E-state index contributed by atoms with van der Waals surface area (Å²) in [5.41, 5.74) is 0. The monoisotopic (exact) mass is 254 g/mol. The Morgan fingerprint density at radius 1 is 1.17 bits per heavy atom. The molecule has 2 N–H and O–H groups in total. The van der Waals surface area contributed by atoms with Crippen molar-refractivity contribution in [1.29, 1.82) is 0 Å². The predicted octanol–water partition coefficient (Wildman–Crippen LogP) is -3.72. The molecule has 0 aliphatic heterocycles. The first-order valence-corrected chi connectivity index (χ1v) is 0. The van der Waals surface area contributed by atoms with E-state index in [2.05, 4.69) is 0 Å².